The molecule has 0 radical (unpaired) electrons. The van der Waals surface area contributed by atoms with Crippen molar-refractivity contribution in [1.82, 2.24) is 9.97 Å². The second kappa shape index (κ2) is 3.95. The molecule has 9 heavy (non-hydrogen) atoms. The molecule has 0 bridgehead atoms. The second-order valence-electron chi connectivity index (χ2n) is 1.43. The summed E-state index contributed by atoms with van der Waals surface area (Å²) in [6, 6.07) is 0. The van der Waals surface area contributed by atoms with Crippen LogP contribution in [-0.4, -0.2) is 9.97 Å². The van der Waals surface area contributed by atoms with Gasteiger partial charge in [0.05, 0.1) is 0 Å². The van der Waals surface area contributed by atoms with Gasteiger partial charge in [-0.05, 0) is 6.92 Å². The van der Waals surface area contributed by atoms with Gasteiger partial charge in [0.1, 0.15) is 0 Å². The van der Waals surface area contributed by atoms with Gasteiger partial charge in [0.15, 0.2) is 0 Å². The van der Waals surface area contributed by atoms with Crippen molar-refractivity contribution in [3.05, 3.63) is 22.4 Å². The lowest BCUT2D eigenvalue weighted by Gasteiger charge is -1.67. The Morgan fingerprint density at radius 1 is 1.44 bits per heavy atom. The van der Waals surface area contributed by atoms with E-state index < -0.39 is 0 Å². The smallest absolute Gasteiger partial charge is 0.313 e. The molecular weight excluding hydrogens is 116 g/mol. The van der Waals surface area contributed by atoms with E-state index in [0.717, 1.165) is 5.69 Å². The zero-order valence-electron chi connectivity index (χ0n) is 5.99. The van der Waals surface area contributed by atoms with Crippen molar-refractivity contribution in [2.24, 2.45) is 0 Å². The van der Waals surface area contributed by atoms with E-state index in [4.69, 9.17) is 0 Å². The Balaban J connectivity index is 0.000000291. The average molecular weight is 128 g/mol. The third kappa shape index (κ3) is 2.74. The Labute approximate surface area is 54.1 Å². The van der Waals surface area contributed by atoms with Crippen molar-refractivity contribution in [2.75, 3.05) is 0 Å². The minimum absolute atomic E-state index is 0.141. The molecule has 1 rings (SSSR count). The predicted molar refractivity (Wildman–Crippen MR) is 37.5 cm³/mol. The van der Waals surface area contributed by atoms with Gasteiger partial charge in [0.25, 0.3) is 0 Å². The molecule has 52 valence electrons. The van der Waals surface area contributed by atoms with E-state index in [2.05, 4.69) is 9.97 Å². The van der Waals surface area contributed by atoms with E-state index in [1.165, 1.54) is 0 Å². The van der Waals surface area contributed by atoms with Crippen LogP contribution in [0.2, 0.25) is 0 Å². The topological polar surface area (TPSA) is 48.6 Å². The number of aryl methyl sites for hydroxylation is 1. The summed E-state index contributed by atoms with van der Waals surface area (Å²) in [4.78, 5) is 15.2. The highest BCUT2D eigenvalue weighted by atomic mass is 16.1. The largest absolute Gasteiger partial charge is 0.323 e. The SMILES string of the molecule is CC.Cc1c[nH]c(=O)[nH]1. The monoisotopic (exact) mass is 128 g/mol. The summed E-state index contributed by atoms with van der Waals surface area (Å²) in [5.74, 6) is 0. The van der Waals surface area contributed by atoms with Crippen LogP contribution in [0.25, 0.3) is 0 Å². The number of nitrogens with one attached hydrogen (secondary N) is 2. The first-order chi connectivity index (χ1) is 4.29. The summed E-state index contributed by atoms with van der Waals surface area (Å²) >= 11 is 0. The van der Waals surface area contributed by atoms with Crippen molar-refractivity contribution in [3.8, 4) is 0 Å². The fourth-order valence-corrected chi connectivity index (χ4v) is 0.425. The maximum atomic E-state index is 10.2. The first-order valence-electron chi connectivity index (χ1n) is 3.03. The van der Waals surface area contributed by atoms with Crippen LogP contribution < -0.4 is 5.69 Å². The Morgan fingerprint density at radius 3 is 2.11 bits per heavy atom. The van der Waals surface area contributed by atoms with Crippen molar-refractivity contribution in [1.29, 1.82) is 0 Å². The second-order valence-corrected chi connectivity index (χ2v) is 1.43. The van der Waals surface area contributed by atoms with Crippen molar-refractivity contribution >= 4 is 0 Å². The Morgan fingerprint density at radius 2 is 2.00 bits per heavy atom. The number of imidazole rings is 1. The highest BCUT2D eigenvalue weighted by molar-refractivity contribution is 4.88. The molecule has 0 amide bonds. The van der Waals surface area contributed by atoms with E-state index in [-0.39, 0.29) is 5.69 Å². The molecule has 0 aliphatic rings. The zero-order valence-corrected chi connectivity index (χ0v) is 5.99. The number of H-pyrrole nitrogens is 2. The van der Waals surface area contributed by atoms with Crippen LogP contribution in [0, 0.1) is 6.92 Å². The molecule has 3 heteroatoms. The number of hydrogen-bond acceptors (Lipinski definition) is 1. The molecule has 2 N–H and O–H groups in total. The van der Waals surface area contributed by atoms with Crippen molar-refractivity contribution < 1.29 is 0 Å². The molecule has 1 heterocycles. The van der Waals surface area contributed by atoms with Gasteiger partial charge < -0.3 is 9.97 Å². The molecule has 0 saturated carbocycles. The lowest BCUT2D eigenvalue weighted by Crippen LogP contribution is -1.99. The van der Waals surface area contributed by atoms with Crippen LogP contribution in [0.1, 0.15) is 19.5 Å². The molecule has 0 saturated heterocycles. The lowest BCUT2D eigenvalue weighted by molar-refractivity contribution is 1.16. The van der Waals surface area contributed by atoms with Gasteiger partial charge in [-0.25, -0.2) is 4.79 Å². The van der Waals surface area contributed by atoms with E-state index in [1.807, 2.05) is 20.8 Å². The van der Waals surface area contributed by atoms with Crippen LogP contribution in [0.4, 0.5) is 0 Å². The van der Waals surface area contributed by atoms with Gasteiger partial charge in [0, 0.05) is 11.9 Å². The molecule has 0 spiro atoms. The first-order valence-corrected chi connectivity index (χ1v) is 3.03. The van der Waals surface area contributed by atoms with Gasteiger partial charge in [0.2, 0.25) is 0 Å². The standard InChI is InChI=1S/C4H6N2O.C2H6/c1-3-2-5-4(7)6-3;1-2/h2H,1H3,(H2,5,6,7);1-2H3. The highest BCUT2D eigenvalue weighted by Gasteiger charge is 1.81. The fourth-order valence-electron chi connectivity index (χ4n) is 0.425. The fraction of sp³-hybridized carbons (Fsp3) is 0.500. The molecule has 0 unspecified atom stereocenters. The summed E-state index contributed by atoms with van der Waals surface area (Å²) in [6.45, 7) is 5.82. The molecule has 3 nitrogen and oxygen atoms in total. The summed E-state index contributed by atoms with van der Waals surface area (Å²) in [5, 5.41) is 0. The summed E-state index contributed by atoms with van der Waals surface area (Å²) < 4.78 is 0. The highest BCUT2D eigenvalue weighted by Crippen LogP contribution is 1.76. The maximum Gasteiger partial charge on any atom is 0.323 e. The summed E-state index contributed by atoms with van der Waals surface area (Å²) in [5.41, 5.74) is 0.725. The number of aromatic amines is 2. The number of rotatable bonds is 0. The summed E-state index contributed by atoms with van der Waals surface area (Å²) in [6.07, 6.45) is 1.63. The molecule has 0 atom stereocenters. The molecule has 1 aromatic rings. The van der Waals surface area contributed by atoms with Crippen LogP contribution in [0.3, 0.4) is 0 Å². The molecule has 0 aliphatic heterocycles. The first kappa shape index (κ1) is 8.01. The Kier molecular flexibility index (Phi) is 3.51. The van der Waals surface area contributed by atoms with E-state index >= 15 is 0 Å². The predicted octanol–water partition coefficient (Wildman–Crippen LogP) is 1.04. The van der Waals surface area contributed by atoms with Gasteiger partial charge in [-0.2, -0.15) is 0 Å². The Bertz CT molecular complexity index is 199. The molecule has 0 fully saturated rings. The third-order valence-electron chi connectivity index (χ3n) is 0.730. The van der Waals surface area contributed by atoms with Gasteiger partial charge in [-0.15, -0.1) is 0 Å². The van der Waals surface area contributed by atoms with Crippen LogP contribution in [-0.2, 0) is 0 Å². The summed E-state index contributed by atoms with van der Waals surface area (Å²) in [7, 11) is 0. The van der Waals surface area contributed by atoms with Crippen LogP contribution >= 0.6 is 0 Å². The lowest BCUT2D eigenvalue weighted by atomic mass is 10.6. The van der Waals surface area contributed by atoms with Crippen molar-refractivity contribution in [3.63, 3.8) is 0 Å². The van der Waals surface area contributed by atoms with Crippen LogP contribution in [0.15, 0.2) is 11.0 Å². The molecule has 1 aromatic heterocycles. The Hall–Kier alpha value is -0.990. The van der Waals surface area contributed by atoms with E-state index in [9.17, 15) is 4.79 Å². The maximum absolute atomic E-state index is 10.2. The average Bonchev–Trinajstić information content (AvgIpc) is 2.20. The van der Waals surface area contributed by atoms with Gasteiger partial charge >= 0.3 is 5.69 Å². The molecular formula is C6H12N2O. The normalized spacial score (nSPS) is 7.89. The zero-order chi connectivity index (χ0) is 7.28. The third-order valence-corrected chi connectivity index (χ3v) is 0.730. The van der Waals surface area contributed by atoms with Crippen molar-refractivity contribution in [2.45, 2.75) is 20.8 Å². The minimum Gasteiger partial charge on any atom is -0.313 e. The molecule has 0 aromatic carbocycles. The van der Waals surface area contributed by atoms with Gasteiger partial charge in [-0.1, -0.05) is 13.8 Å². The minimum atomic E-state index is -0.141. The quantitative estimate of drug-likeness (QED) is 0.538. The van der Waals surface area contributed by atoms with E-state index in [0.29, 0.717) is 0 Å². The van der Waals surface area contributed by atoms with E-state index in [1.54, 1.807) is 6.20 Å². The van der Waals surface area contributed by atoms with Crippen LogP contribution in [0.5, 0.6) is 0 Å². The molecule has 0 aliphatic carbocycles. The number of hydrogen-bond donors (Lipinski definition) is 2. The van der Waals surface area contributed by atoms with Gasteiger partial charge in [-0.3, -0.25) is 0 Å². The number of aromatic nitrogens is 2.